The molecule has 1 aromatic carbocycles. The molecule has 146 valence electrons. The van der Waals surface area contributed by atoms with Gasteiger partial charge in [0.15, 0.2) is 0 Å². The topological polar surface area (TPSA) is 44.1 Å². The summed E-state index contributed by atoms with van der Waals surface area (Å²) in [7, 11) is 1.69. The summed E-state index contributed by atoms with van der Waals surface area (Å²) >= 11 is 0. The molecule has 0 unspecified atom stereocenters. The minimum Gasteiger partial charge on any atom is -0.497 e. The van der Waals surface area contributed by atoms with Crippen molar-refractivity contribution in [2.24, 2.45) is 5.41 Å². The predicted molar refractivity (Wildman–Crippen MR) is 114 cm³/mol. The quantitative estimate of drug-likeness (QED) is 0.686. The third kappa shape index (κ3) is 7.26. The average Bonchev–Trinajstić information content (AvgIpc) is 2.79. The van der Waals surface area contributed by atoms with Gasteiger partial charge in [0.05, 0.1) is 18.3 Å². The Kier molecular flexibility index (Phi) is 8.73. The Balaban J connectivity index is 0.000000305. The van der Waals surface area contributed by atoms with Crippen LogP contribution in [0.4, 0.5) is 0 Å². The van der Waals surface area contributed by atoms with Gasteiger partial charge in [0.25, 0.3) is 0 Å². The van der Waals surface area contributed by atoms with Crippen LogP contribution in [-0.2, 0) is 11.3 Å². The highest BCUT2D eigenvalue weighted by Gasteiger charge is 2.15. The maximum absolute atomic E-state index is 8.00. The van der Waals surface area contributed by atoms with Crippen LogP contribution >= 0.6 is 0 Å². The van der Waals surface area contributed by atoms with Gasteiger partial charge in [0, 0.05) is 18.0 Å². The van der Waals surface area contributed by atoms with Crippen molar-refractivity contribution in [3.8, 4) is 5.75 Å². The molecule has 1 aliphatic rings. The van der Waals surface area contributed by atoms with Crippen molar-refractivity contribution in [1.82, 2.24) is 9.78 Å². The molecule has 3 rings (SSSR count). The molecule has 0 spiro atoms. The van der Waals surface area contributed by atoms with Gasteiger partial charge >= 0.3 is 0 Å². The van der Waals surface area contributed by atoms with Gasteiger partial charge in [0.1, 0.15) is 12.5 Å². The van der Waals surface area contributed by atoms with E-state index in [9.17, 15) is 0 Å². The highest BCUT2D eigenvalue weighted by Crippen LogP contribution is 2.26. The summed E-state index contributed by atoms with van der Waals surface area (Å²) in [6.45, 7) is 13.7. The van der Waals surface area contributed by atoms with Gasteiger partial charge < -0.3 is 9.53 Å². The van der Waals surface area contributed by atoms with Crippen molar-refractivity contribution >= 4 is 17.7 Å². The standard InChI is InChI=1S/C14H20N2O.C8H10.CH2O/c1-10-12-7-6-11(17-5)8-13(12)16(15-10)9-14(2,3)4;1-8-6-4-2-3-5-7-8;1-2/h6-8H,9H2,1-5H3;2-4,6-7H,5H2,1H3;1H2. The second kappa shape index (κ2) is 10.5. The van der Waals surface area contributed by atoms with Gasteiger partial charge in [-0.25, -0.2) is 0 Å². The molecular weight excluding hydrogens is 336 g/mol. The van der Waals surface area contributed by atoms with E-state index in [1.165, 1.54) is 11.0 Å². The van der Waals surface area contributed by atoms with E-state index in [4.69, 9.17) is 9.53 Å². The number of nitrogens with zero attached hydrogens (tertiary/aromatic N) is 2. The van der Waals surface area contributed by atoms with Gasteiger partial charge in [-0.15, -0.1) is 0 Å². The third-order valence-electron chi connectivity index (χ3n) is 3.95. The van der Waals surface area contributed by atoms with E-state index >= 15 is 0 Å². The number of aromatic nitrogens is 2. The zero-order chi connectivity index (χ0) is 20.4. The summed E-state index contributed by atoms with van der Waals surface area (Å²) in [5, 5.41) is 5.82. The Labute approximate surface area is 163 Å². The van der Waals surface area contributed by atoms with E-state index in [0.29, 0.717) is 0 Å². The smallest absolute Gasteiger partial charge is 0.121 e. The lowest BCUT2D eigenvalue weighted by atomic mass is 9.97. The van der Waals surface area contributed by atoms with Crippen molar-refractivity contribution in [1.29, 1.82) is 0 Å². The fourth-order valence-corrected chi connectivity index (χ4v) is 2.70. The Morgan fingerprint density at radius 3 is 2.52 bits per heavy atom. The van der Waals surface area contributed by atoms with Crippen molar-refractivity contribution in [3.63, 3.8) is 0 Å². The van der Waals surface area contributed by atoms with Crippen LogP contribution < -0.4 is 4.74 Å². The third-order valence-corrected chi connectivity index (χ3v) is 3.95. The van der Waals surface area contributed by atoms with Crippen molar-refractivity contribution in [2.45, 2.75) is 47.6 Å². The van der Waals surface area contributed by atoms with E-state index in [2.05, 4.69) is 80.0 Å². The first-order valence-electron chi connectivity index (χ1n) is 9.10. The number of ether oxygens (including phenoxy) is 1. The molecule has 0 amide bonds. The van der Waals surface area contributed by atoms with Crippen LogP contribution in [0.5, 0.6) is 5.75 Å². The summed E-state index contributed by atoms with van der Waals surface area (Å²) in [5.41, 5.74) is 3.80. The lowest BCUT2D eigenvalue weighted by molar-refractivity contribution is -0.0979. The van der Waals surface area contributed by atoms with E-state index in [1.54, 1.807) is 7.11 Å². The summed E-state index contributed by atoms with van der Waals surface area (Å²) < 4.78 is 7.35. The molecule has 1 heterocycles. The molecule has 0 N–H and O–H groups in total. The minimum atomic E-state index is 0.217. The van der Waals surface area contributed by atoms with Gasteiger partial charge in [-0.05, 0) is 37.8 Å². The number of methoxy groups -OCH3 is 1. The normalized spacial score (nSPS) is 13.0. The number of carbonyl (C=O) groups excluding carboxylic acids is 1. The molecule has 0 saturated heterocycles. The first kappa shape index (κ1) is 22.4. The molecule has 0 atom stereocenters. The van der Waals surface area contributed by atoms with Crippen molar-refractivity contribution in [2.75, 3.05) is 7.11 Å². The number of benzene rings is 1. The highest BCUT2D eigenvalue weighted by atomic mass is 16.5. The Hall–Kier alpha value is -2.62. The molecule has 4 nitrogen and oxygen atoms in total. The molecule has 4 heteroatoms. The first-order chi connectivity index (χ1) is 12.8. The number of aryl methyl sites for hydroxylation is 1. The van der Waals surface area contributed by atoms with Gasteiger partial charge in [-0.2, -0.15) is 5.10 Å². The van der Waals surface area contributed by atoms with Gasteiger partial charge in [-0.1, -0.05) is 56.7 Å². The molecule has 0 aliphatic heterocycles. The molecule has 0 saturated carbocycles. The number of hydrogen-bond acceptors (Lipinski definition) is 3. The minimum absolute atomic E-state index is 0.217. The van der Waals surface area contributed by atoms with E-state index in [1.807, 2.05) is 19.8 Å². The van der Waals surface area contributed by atoms with Crippen LogP contribution in [0, 0.1) is 12.3 Å². The number of allylic oxidation sites excluding steroid dienone is 6. The van der Waals surface area contributed by atoms with Crippen LogP contribution in [0.25, 0.3) is 10.9 Å². The van der Waals surface area contributed by atoms with E-state index in [-0.39, 0.29) is 5.41 Å². The maximum Gasteiger partial charge on any atom is 0.121 e. The Morgan fingerprint density at radius 2 is 1.89 bits per heavy atom. The molecule has 0 radical (unpaired) electrons. The molecule has 27 heavy (non-hydrogen) atoms. The zero-order valence-corrected chi connectivity index (χ0v) is 17.5. The zero-order valence-electron chi connectivity index (χ0n) is 17.5. The van der Waals surface area contributed by atoms with E-state index in [0.717, 1.165) is 29.9 Å². The Bertz CT molecular complexity index is 818. The van der Waals surface area contributed by atoms with Crippen LogP contribution in [0.15, 0.2) is 54.2 Å². The summed E-state index contributed by atoms with van der Waals surface area (Å²) in [5.74, 6) is 0.882. The van der Waals surface area contributed by atoms with Crippen LogP contribution in [0.3, 0.4) is 0 Å². The maximum atomic E-state index is 8.00. The average molecular weight is 369 g/mol. The summed E-state index contributed by atoms with van der Waals surface area (Å²) in [4.78, 5) is 8.00. The number of carbonyl (C=O) groups is 1. The molecule has 2 aromatic rings. The predicted octanol–water partition coefficient (Wildman–Crippen LogP) is 5.66. The fraction of sp³-hybridized carbons (Fsp3) is 0.391. The van der Waals surface area contributed by atoms with Crippen molar-refractivity contribution in [3.05, 3.63) is 59.8 Å². The number of fused-ring (bicyclic) bond motifs is 1. The number of rotatable bonds is 2. The van der Waals surface area contributed by atoms with Gasteiger partial charge in [0.2, 0.25) is 0 Å². The van der Waals surface area contributed by atoms with E-state index < -0.39 is 0 Å². The van der Waals surface area contributed by atoms with Crippen molar-refractivity contribution < 1.29 is 9.53 Å². The lowest BCUT2D eigenvalue weighted by Crippen LogP contribution is -2.16. The molecule has 1 aliphatic carbocycles. The molecule has 1 aromatic heterocycles. The second-order valence-corrected chi connectivity index (χ2v) is 7.66. The molecule has 0 bridgehead atoms. The van der Waals surface area contributed by atoms with Crippen LogP contribution in [0.1, 0.15) is 39.8 Å². The summed E-state index contributed by atoms with van der Waals surface area (Å²) in [6, 6.07) is 6.12. The highest BCUT2D eigenvalue weighted by molar-refractivity contribution is 5.83. The largest absolute Gasteiger partial charge is 0.497 e. The summed E-state index contributed by atoms with van der Waals surface area (Å²) in [6.07, 6.45) is 11.7. The monoisotopic (exact) mass is 368 g/mol. The van der Waals surface area contributed by atoms with Gasteiger partial charge in [-0.3, -0.25) is 4.68 Å². The molecular formula is C23H32N2O2. The fourth-order valence-electron chi connectivity index (χ4n) is 2.70. The number of hydrogen-bond donors (Lipinski definition) is 0. The van der Waals surface area contributed by atoms with Crippen LogP contribution in [0.2, 0.25) is 0 Å². The Morgan fingerprint density at radius 1 is 1.19 bits per heavy atom. The first-order valence-corrected chi connectivity index (χ1v) is 9.10. The SMILES string of the molecule is C=O.CC1=CCC=CC=C1.COc1ccc2c(C)nn(CC(C)(C)C)c2c1. The van der Waals surface area contributed by atoms with Crippen LogP contribution in [-0.4, -0.2) is 23.7 Å². The second-order valence-electron chi connectivity index (χ2n) is 7.66. The lowest BCUT2D eigenvalue weighted by Gasteiger charge is -2.18. The molecule has 0 fully saturated rings.